The maximum Gasteiger partial charge on any atom is 0.416 e. The number of nitrogens with one attached hydrogen (secondary N) is 2. The lowest BCUT2D eigenvalue weighted by molar-refractivity contribution is -0.137. The molecule has 0 aliphatic rings. The van der Waals surface area contributed by atoms with E-state index >= 15 is 0 Å². The molecule has 7 nitrogen and oxygen atoms in total. The van der Waals surface area contributed by atoms with Crippen LogP contribution in [0.2, 0.25) is 4.34 Å². The summed E-state index contributed by atoms with van der Waals surface area (Å²) in [5, 5.41) is 2.59. The average Bonchev–Trinajstić information content (AvgIpc) is 3.09. The van der Waals surface area contributed by atoms with Gasteiger partial charge in [0.1, 0.15) is 14.9 Å². The number of benzene rings is 1. The number of carbonyl (C=O) groups excluding carboxylic acids is 1. The number of halogens is 4. The van der Waals surface area contributed by atoms with E-state index in [4.69, 9.17) is 11.6 Å². The highest BCUT2D eigenvalue weighted by Crippen LogP contribution is 2.29. The first-order valence-corrected chi connectivity index (χ1v) is 10.8. The minimum atomic E-state index is -4.44. The molecule has 0 saturated heterocycles. The summed E-state index contributed by atoms with van der Waals surface area (Å²) >= 11 is 6.65. The van der Waals surface area contributed by atoms with Crippen LogP contribution in [0.3, 0.4) is 0 Å². The number of thiazole rings is 1. The molecule has 30 heavy (non-hydrogen) atoms. The number of rotatable bonds is 6. The Kier molecular flexibility index (Phi) is 6.29. The van der Waals surface area contributed by atoms with Gasteiger partial charge in [0.2, 0.25) is 0 Å². The number of carbonyl (C=O) groups is 1. The van der Waals surface area contributed by atoms with Crippen LogP contribution in [0.1, 0.15) is 21.6 Å². The smallest absolute Gasteiger partial charge is 0.347 e. The van der Waals surface area contributed by atoms with Gasteiger partial charge >= 0.3 is 6.18 Å². The second-order valence-electron chi connectivity index (χ2n) is 5.83. The third-order valence-corrected chi connectivity index (χ3v) is 6.20. The van der Waals surface area contributed by atoms with Crippen molar-refractivity contribution in [1.82, 2.24) is 15.3 Å². The molecule has 1 aromatic carbocycles. The maximum atomic E-state index is 12.6. The summed E-state index contributed by atoms with van der Waals surface area (Å²) in [7, 11) is -3.96. The summed E-state index contributed by atoms with van der Waals surface area (Å²) in [6.45, 7) is -0.0228. The number of aromatic nitrogens is 2. The Morgan fingerprint density at radius 2 is 1.77 bits per heavy atom. The van der Waals surface area contributed by atoms with Crippen molar-refractivity contribution in [2.75, 3.05) is 4.72 Å². The molecule has 0 atom stereocenters. The molecule has 2 heterocycles. The van der Waals surface area contributed by atoms with Crippen LogP contribution < -0.4 is 10.0 Å². The van der Waals surface area contributed by atoms with Gasteiger partial charge in [-0.2, -0.15) is 13.2 Å². The average molecular weight is 477 g/mol. The number of pyridine rings is 1. The SMILES string of the molecule is O=C(NCc1ccc(C(F)(F)F)cc1)c1ccc(S(=O)(=O)Nc2ncc(Cl)s2)cn1. The summed E-state index contributed by atoms with van der Waals surface area (Å²) in [5.74, 6) is -0.612. The molecule has 158 valence electrons. The van der Waals surface area contributed by atoms with Crippen molar-refractivity contribution in [1.29, 1.82) is 0 Å². The van der Waals surface area contributed by atoms with Crippen LogP contribution in [0.25, 0.3) is 0 Å². The second-order valence-corrected chi connectivity index (χ2v) is 9.18. The van der Waals surface area contributed by atoms with E-state index in [0.717, 1.165) is 29.7 Å². The summed E-state index contributed by atoms with van der Waals surface area (Å²) in [6.07, 6.45) is -2.13. The molecule has 0 unspecified atom stereocenters. The number of hydrogen-bond acceptors (Lipinski definition) is 6. The van der Waals surface area contributed by atoms with Crippen molar-refractivity contribution in [2.45, 2.75) is 17.6 Å². The first kappa shape index (κ1) is 22.0. The molecule has 0 aliphatic carbocycles. The largest absolute Gasteiger partial charge is 0.416 e. The Balaban J connectivity index is 1.62. The molecule has 0 bridgehead atoms. The van der Waals surface area contributed by atoms with Crippen LogP contribution in [0.4, 0.5) is 18.3 Å². The first-order valence-electron chi connectivity index (χ1n) is 8.09. The van der Waals surface area contributed by atoms with Gasteiger partial charge in [-0.05, 0) is 29.8 Å². The Morgan fingerprint density at radius 1 is 1.07 bits per heavy atom. The second kappa shape index (κ2) is 8.58. The van der Waals surface area contributed by atoms with Crippen LogP contribution in [-0.2, 0) is 22.7 Å². The van der Waals surface area contributed by atoms with Gasteiger partial charge in [-0.1, -0.05) is 35.1 Å². The normalized spacial score (nSPS) is 11.9. The minimum Gasteiger partial charge on any atom is -0.347 e. The quantitative estimate of drug-likeness (QED) is 0.561. The van der Waals surface area contributed by atoms with Gasteiger partial charge < -0.3 is 5.32 Å². The van der Waals surface area contributed by atoms with E-state index < -0.39 is 27.7 Å². The van der Waals surface area contributed by atoms with E-state index in [1.165, 1.54) is 30.5 Å². The van der Waals surface area contributed by atoms with Crippen LogP contribution in [-0.4, -0.2) is 24.3 Å². The highest BCUT2D eigenvalue weighted by Gasteiger charge is 2.29. The lowest BCUT2D eigenvalue weighted by Gasteiger charge is -2.09. The van der Waals surface area contributed by atoms with Gasteiger partial charge in [0.15, 0.2) is 5.13 Å². The third kappa shape index (κ3) is 5.46. The predicted molar refractivity (Wildman–Crippen MR) is 105 cm³/mol. The molecule has 0 aliphatic heterocycles. The Bertz CT molecular complexity index is 1150. The molecule has 0 spiro atoms. The lowest BCUT2D eigenvalue weighted by Crippen LogP contribution is -2.24. The van der Waals surface area contributed by atoms with Gasteiger partial charge in [-0.3, -0.25) is 9.52 Å². The summed E-state index contributed by atoms with van der Waals surface area (Å²) in [5.41, 5.74) is -0.385. The van der Waals surface area contributed by atoms with E-state index in [9.17, 15) is 26.4 Å². The molecule has 13 heteroatoms. The molecular weight excluding hydrogens is 465 g/mol. The zero-order chi connectivity index (χ0) is 21.9. The number of anilines is 1. The predicted octanol–water partition coefficient (Wildman–Crippen LogP) is 3.94. The fourth-order valence-electron chi connectivity index (χ4n) is 2.23. The van der Waals surface area contributed by atoms with Crippen LogP contribution in [0.15, 0.2) is 53.7 Å². The van der Waals surface area contributed by atoms with E-state index in [2.05, 4.69) is 20.0 Å². The van der Waals surface area contributed by atoms with Crippen LogP contribution in [0, 0.1) is 0 Å². The fraction of sp³-hybridized carbons (Fsp3) is 0.118. The number of amides is 1. The summed E-state index contributed by atoms with van der Waals surface area (Å²) < 4.78 is 64.8. The standard InChI is InChI=1S/C17H12ClF3N4O3S2/c18-14-9-24-16(29-14)25-30(27,28)12-5-6-13(22-8-12)15(26)23-7-10-1-3-11(4-2-10)17(19,20)21/h1-6,8-9H,7H2,(H,23,26)(H,24,25). The third-order valence-electron chi connectivity index (χ3n) is 3.71. The number of alkyl halides is 3. The summed E-state index contributed by atoms with van der Waals surface area (Å²) in [6, 6.07) is 6.75. The van der Waals surface area contributed by atoms with E-state index in [0.29, 0.717) is 9.90 Å². The van der Waals surface area contributed by atoms with Gasteiger partial charge in [-0.25, -0.2) is 18.4 Å². The van der Waals surface area contributed by atoms with Crippen molar-refractivity contribution in [2.24, 2.45) is 0 Å². The Hall–Kier alpha value is -2.70. The molecule has 1 amide bonds. The molecule has 3 aromatic rings. The number of nitrogens with zero attached hydrogens (tertiary/aromatic N) is 2. The summed E-state index contributed by atoms with van der Waals surface area (Å²) in [4.78, 5) is 19.6. The van der Waals surface area contributed by atoms with Crippen LogP contribution in [0.5, 0.6) is 0 Å². The topological polar surface area (TPSA) is 101 Å². The molecule has 0 saturated carbocycles. The van der Waals surface area contributed by atoms with Crippen molar-refractivity contribution in [3.8, 4) is 0 Å². The molecule has 2 N–H and O–H groups in total. The van der Waals surface area contributed by atoms with Gasteiger partial charge in [0.25, 0.3) is 15.9 Å². The van der Waals surface area contributed by atoms with Gasteiger partial charge in [0, 0.05) is 12.7 Å². The lowest BCUT2D eigenvalue weighted by atomic mass is 10.1. The minimum absolute atomic E-state index is 0.0228. The Labute approximate surface area is 178 Å². The molecule has 0 radical (unpaired) electrons. The van der Waals surface area contributed by atoms with Crippen LogP contribution >= 0.6 is 22.9 Å². The first-order chi connectivity index (χ1) is 14.0. The number of hydrogen-bond donors (Lipinski definition) is 2. The highest BCUT2D eigenvalue weighted by molar-refractivity contribution is 7.93. The fourth-order valence-corrected chi connectivity index (χ4v) is 4.23. The monoisotopic (exact) mass is 476 g/mol. The molecule has 3 rings (SSSR count). The zero-order valence-electron chi connectivity index (χ0n) is 14.8. The van der Waals surface area contributed by atoms with Gasteiger partial charge in [-0.15, -0.1) is 0 Å². The zero-order valence-corrected chi connectivity index (χ0v) is 17.2. The van der Waals surface area contributed by atoms with Crippen molar-refractivity contribution >= 4 is 44.0 Å². The number of sulfonamides is 1. The van der Waals surface area contributed by atoms with E-state index in [-0.39, 0.29) is 22.3 Å². The molecule has 0 fully saturated rings. The molecular formula is C17H12ClF3N4O3S2. The highest BCUT2D eigenvalue weighted by atomic mass is 35.5. The van der Waals surface area contributed by atoms with E-state index in [1.54, 1.807) is 0 Å². The van der Waals surface area contributed by atoms with E-state index in [1.807, 2.05) is 0 Å². The van der Waals surface area contributed by atoms with Crippen molar-refractivity contribution in [3.63, 3.8) is 0 Å². The Morgan fingerprint density at radius 3 is 2.30 bits per heavy atom. The van der Waals surface area contributed by atoms with Crippen molar-refractivity contribution in [3.05, 3.63) is 69.9 Å². The van der Waals surface area contributed by atoms with Gasteiger partial charge in [0.05, 0.1) is 11.8 Å². The van der Waals surface area contributed by atoms with Crippen molar-refractivity contribution < 1.29 is 26.4 Å². The molecule has 2 aromatic heterocycles. The maximum absolute atomic E-state index is 12.6.